The summed E-state index contributed by atoms with van der Waals surface area (Å²) in [5.74, 6) is -0.423. The molecule has 1 aromatic carbocycles. The van der Waals surface area contributed by atoms with E-state index in [4.69, 9.17) is 4.42 Å². The Balaban J connectivity index is 2.35. The third-order valence-electron chi connectivity index (χ3n) is 3.04. The van der Waals surface area contributed by atoms with E-state index in [1.54, 1.807) is 18.2 Å². The molecule has 0 bridgehead atoms. The zero-order chi connectivity index (χ0) is 15.6. The quantitative estimate of drug-likeness (QED) is 0.880. The van der Waals surface area contributed by atoms with Crippen LogP contribution in [-0.4, -0.2) is 11.7 Å². The largest absolute Gasteiger partial charge is 0.426 e. The summed E-state index contributed by atoms with van der Waals surface area (Å²) in [5.41, 5.74) is 0.910. The van der Waals surface area contributed by atoms with Crippen molar-refractivity contribution in [1.29, 1.82) is 0 Å². The van der Waals surface area contributed by atoms with Gasteiger partial charge in [0.1, 0.15) is 11.4 Å². The highest BCUT2D eigenvalue weighted by Crippen LogP contribution is 2.13. The second-order valence-electron chi connectivity index (χ2n) is 4.80. The highest BCUT2D eigenvalue weighted by molar-refractivity contribution is 6.05. The number of nitrogens with one attached hydrogen (secondary N) is 1. The molecule has 0 spiro atoms. The summed E-state index contributed by atoms with van der Waals surface area (Å²) in [7, 11) is 0. The number of amides is 1. The van der Waals surface area contributed by atoms with Crippen LogP contribution in [0.2, 0.25) is 0 Å². The molecule has 0 aliphatic heterocycles. The molecule has 0 aliphatic carbocycles. The van der Waals surface area contributed by atoms with Crippen molar-refractivity contribution in [2.45, 2.75) is 20.8 Å². The maximum absolute atomic E-state index is 12.1. The van der Waals surface area contributed by atoms with E-state index in [0.29, 0.717) is 5.56 Å². The van der Waals surface area contributed by atoms with Gasteiger partial charge in [-0.15, -0.1) is 0 Å². The van der Waals surface area contributed by atoms with E-state index in [1.807, 2.05) is 13.0 Å². The van der Waals surface area contributed by atoms with Crippen LogP contribution in [0.25, 0.3) is 0 Å². The van der Waals surface area contributed by atoms with Gasteiger partial charge in [-0.05, 0) is 39.0 Å². The van der Waals surface area contributed by atoms with Gasteiger partial charge in [-0.1, -0.05) is 17.7 Å². The first-order chi connectivity index (χ1) is 9.88. The Kier molecular flexibility index (Phi) is 4.03. The molecule has 0 aliphatic rings. The van der Waals surface area contributed by atoms with Crippen LogP contribution >= 0.6 is 0 Å². The van der Waals surface area contributed by atoms with Gasteiger partial charge in [-0.3, -0.25) is 9.59 Å². The molecule has 0 saturated heterocycles. The monoisotopic (exact) mass is 285 g/mol. The second kappa shape index (κ2) is 5.75. The Bertz CT molecular complexity index is 774. The van der Waals surface area contributed by atoms with Crippen LogP contribution in [0.3, 0.4) is 0 Å². The van der Waals surface area contributed by atoms with Gasteiger partial charge in [0.2, 0.25) is 0 Å². The van der Waals surface area contributed by atoms with Crippen molar-refractivity contribution < 1.29 is 14.0 Å². The molecule has 5 nitrogen and oxygen atoms in total. The molecule has 1 N–H and O–H groups in total. The lowest BCUT2D eigenvalue weighted by Crippen LogP contribution is -2.19. The van der Waals surface area contributed by atoms with Gasteiger partial charge in [-0.2, -0.15) is 0 Å². The number of carbonyl (C=O) groups excluding carboxylic acids is 2. The highest BCUT2D eigenvalue weighted by Gasteiger charge is 2.14. The lowest BCUT2D eigenvalue weighted by molar-refractivity contribution is 0.100. The van der Waals surface area contributed by atoms with Gasteiger partial charge < -0.3 is 9.73 Å². The molecule has 0 fully saturated rings. The number of Topliss-reactive ketones (excluding diaryl/α,β-unsaturated/α-hetero) is 1. The summed E-state index contributed by atoms with van der Waals surface area (Å²) in [6.45, 7) is 4.77. The second-order valence-corrected chi connectivity index (χ2v) is 4.80. The zero-order valence-corrected chi connectivity index (χ0v) is 12.0. The minimum absolute atomic E-state index is 0.0442. The van der Waals surface area contributed by atoms with Crippen molar-refractivity contribution in [3.63, 3.8) is 0 Å². The van der Waals surface area contributed by atoms with Crippen LogP contribution in [-0.2, 0) is 0 Å². The van der Waals surface area contributed by atoms with E-state index in [0.717, 1.165) is 5.56 Å². The molecular formula is C16H15NO4. The first kappa shape index (κ1) is 14.7. The van der Waals surface area contributed by atoms with Crippen molar-refractivity contribution in [3.8, 4) is 0 Å². The van der Waals surface area contributed by atoms with Crippen LogP contribution in [0.5, 0.6) is 0 Å². The number of benzene rings is 1. The number of carbonyl (C=O) groups is 2. The average molecular weight is 285 g/mol. The molecule has 108 valence electrons. The summed E-state index contributed by atoms with van der Waals surface area (Å²) in [5, 5.41) is 2.48. The highest BCUT2D eigenvalue weighted by atomic mass is 16.4. The van der Waals surface area contributed by atoms with Gasteiger partial charge in [0.15, 0.2) is 5.78 Å². The molecule has 5 heteroatoms. The van der Waals surface area contributed by atoms with Crippen LogP contribution in [0, 0.1) is 13.8 Å². The van der Waals surface area contributed by atoms with Crippen molar-refractivity contribution in [2.75, 3.05) is 5.32 Å². The van der Waals surface area contributed by atoms with Gasteiger partial charge >= 0.3 is 5.63 Å². The van der Waals surface area contributed by atoms with E-state index >= 15 is 0 Å². The topological polar surface area (TPSA) is 76.4 Å². The van der Waals surface area contributed by atoms with Crippen LogP contribution in [0.15, 0.2) is 39.5 Å². The Morgan fingerprint density at radius 1 is 1.14 bits per heavy atom. The number of anilines is 1. The minimum Gasteiger partial charge on any atom is -0.426 e. The molecule has 0 unspecified atom stereocenters. The van der Waals surface area contributed by atoms with Crippen molar-refractivity contribution in [1.82, 2.24) is 0 Å². The number of hydrogen-bond donors (Lipinski definition) is 1. The minimum atomic E-state index is -0.682. The molecule has 2 rings (SSSR count). The molecule has 1 amide bonds. The van der Waals surface area contributed by atoms with Crippen LogP contribution < -0.4 is 10.9 Å². The molecule has 21 heavy (non-hydrogen) atoms. The number of rotatable bonds is 3. The Hall–Kier alpha value is -2.69. The Morgan fingerprint density at radius 2 is 1.86 bits per heavy atom. The molecule has 0 saturated carbocycles. The molecule has 1 heterocycles. The van der Waals surface area contributed by atoms with Gasteiger partial charge in [0.25, 0.3) is 5.91 Å². The van der Waals surface area contributed by atoms with Crippen LogP contribution in [0.1, 0.15) is 39.0 Å². The average Bonchev–Trinajstić information content (AvgIpc) is 2.41. The molecule has 1 aromatic heterocycles. The lowest BCUT2D eigenvalue weighted by Gasteiger charge is -2.07. The van der Waals surface area contributed by atoms with Gasteiger partial charge in [0, 0.05) is 5.56 Å². The normalized spacial score (nSPS) is 10.2. The number of aryl methyl sites for hydroxylation is 2. The van der Waals surface area contributed by atoms with Crippen molar-refractivity contribution in [2.24, 2.45) is 0 Å². The maximum Gasteiger partial charge on any atom is 0.359 e. The zero-order valence-electron chi connectivity index (χ0n) is 12.0. The van der Waals surface area contributed by atoms with Crippen molar-refractivity contribution in [3.05, 3.63) is 63.2 Å². The molecule has 2 aromatic rings. The molecule has 0 radical (unpaired) electrons. The summed E-state index contributed by atoms with van der Waals surface area (Å²) < 4.78 is 4.97. The summed E-state index contributed by atoms with van der Waals surface area (Å²) in [6.07, 6.45) is 0. The van der Waals surface area contributed by atoms with E-state index in [1.165, 1.54) is 19.9 Å². The Labute approximate surface area is 121 Å². The first-order valence-electron chi connectivity index (χ1n) is 6.42. The van der Waals surface area contributed by atoms with Crippen LogP contribution in [0.4, 0.5) is 5.69 Å². The van der Waals surface area contributed by atoms with Gasteiger partial charge in [0.05, 0.1) is 5.56 Å². The van der Waals surface area contributed by atoms with E-state index in [2.05, 4.69) is 5.32 Å². The van der Waals surface area contributed by atoms with E-state index in [9.17, 15) is 14.4 Å². The smallest absolute Gasteiger partial charge is 0.359 e. The number of hydrogen-bond acceptors (Lipinski definition) is 4. The van der Waals surface area contributed by atoms with E-state index < -0.39 is 11.5 Å². The third-order valence-corrected chi connectivity index (χ3v) is 3.04. The fraction of sp³-hybridized carbons (Fsp3) is 0.188. The Morgan fingerprint density at radius 3 is 2.48 bits per heavy atom. The fourth-order valence-corrected chi connectivity index (χ4v) is 1.97. The fourth-order valence-electron chi connectivity index (χ4n) is 1.97. The standard InChI is InChI=1S/C16H15NO4/c1-9-5-4-6-12(7-9)15(19)17-14-8-13(10(2)18)11(3)21-16(14)20/h4-8H,1-3H3,(H,17,19). The maximum atomic E-state index is 12.1. The first-order valence-corrected chi connectivity index (χ1v) is 6.42. The SMILES string of the molecule is CC(=O)c1cc(NC(=O)c2cccc(C)c2)c(=O)oc1C. The third kappa shape index (κ3) is 3.25. The predicted molar refractivity (Wildman–Crippen MR) is 78.9 cm³/mol. The molecular weight excluding hydrogens is 270 g/mol. The summed E-state index contributed by atoms with van der Waals surface area (Å²) in [6, 6.07) is 8.31. The predicted octanol–water partition coefficient (Wildman–Crippen LogP) is 2.71. The lowest BCUT2D eigenvalue weighted by atomic mass is 10.1. The summed E-state index contributed by atoms with van der Waals surface area (Å²) in [4.78, 5) is 35.3. The van der Waals surface area contributed by atoms with Gasteiger partial charge in [-0.25, -0.2) is 4.79 Å². The number of ketones is 1. The van der Waals surface area contributed by atoms with Crippen molar-refractivity contribution >= 4 is 17.4 Å². The molecule has 0 atom stereocenters. The summed E-state index contributed by atoms with van der Waals surface area (Å²) >= 11 is 0. The van der Waals surface area contributed by atoms with E-state index in [-0.39, 0.29) is 22.8 Å².